The van der Waals surface area contributed by atoms with Crippen molar-refractivity contribution in [1.82, 2.24) is 4.90 Å². The molecule has 5 nitrogen and oxygen atoms in total. The number of piperidine rings is 1. The van der Waals surface area contributed by atoms with E-state index in [-0.39, 0.29) is 18.4 Å². The van der Waals surface area contributed by atoms with Gasteiger partial charge < -0.3 is 19.5 Å². The van der Waals surface area contributed by atoms with Crippen LogP contribution in [0.2, 0.25) is 0 Å². The molecule has 2 aliphatic heterocycles. The van der Waals surface area contributed by atoms with Gasteiger partial charge in [-0.3, -0.25) is 4.79 Å². The molecular weight excluding hydrogens is 434 g/mol. The van der Waals surface area contributed by atoms with Crippen molar-refractivity contribution in [3.8, 4) is 0 Å². The fourth-order valence-corrected chi connectivity index (χ4v) is 5.62. The van der Waals surface area contributed by atoms with Crippen LogP contribution in [-0.2, 0) is 27.5 Å². The number of carbonyl (C=O) groups excluding carboxylic acids is 1. The monoisotopic (exact) mass is 463 g/mol. The lowest BCUT2D eigenvalue weighted by Crippen LogP contribution is -2.39. The van der Waals surface area contributed by atoms with Gasteiger partial charge in [-0.25, -0.2) is 0 Å². The van der Waals surface area contributed by atoms with Crippen LogP contribution in [0, 0.1) is 0 Å². The van der Waals surface area contributed by atoms with Crippen molar-refractivity contribution in [3.05, 3.63) is 82.4 Å². The van der Waals surface area contributed by atoms with Crippen molar-refractivity contribution in [3.63, 3.8) is 0 Å². The highest BCUT2D eigenvalue weighted by Gasteiger charge is 2.32. The zero-order valence-corrected chi connectivity index (χ0v) is 19.4. The predicted octanol–water partition coefficient (Wildman–Crippen LogP) is 5.34. The van der Waals surface area contributed by atoms with E-state index in [1.54, 1.807) is 11.3 Å². The van der Waals surface area contributed by atoms with Gasteiger partial charge in [0.05, 0.1) is 13.2 Å². The number of amides is 1. The van der Waals surface area contributed by atoms with Crippen molar-refractivity contribution in [2.24, 2.45) is 0 Å². The summed E-state index contributed by atoms with van der Waals surface area (Å²) in [6, 6.07) is 16.1. The Bertz CT molecular complexity index is 1130. The molecule has 2 aliphatic rings. The van der Waals surface area contributed by atoms with Gasteiger partial charge in [-0.2, -0.15) is 0 Å². The van der Waals surface area contributed by atoms with Crippen molar-refractivity contribution >= 4 is 27.3 Å². The highest BCUT2D eigenvalue weighted by molar-refractivity contribution is 7.17. The summed E-state index contributed by atoms with van der Waals surface area (Å²) in [5.74, 6) is 0.435. The first kappa shape index (κ1) is 22.1. The number of likely N-dealkylation sites (tertiary alicyclic amines) is 1. The Morgan fingerprint density at radius 3 is 2.61 bits per heavy atom. The van der Waals surface area contributed by atoms with E-state index >= 15 is 0 Å². The lowest BCUT2D eigenvalue weighted by molar-refractivity contribution is -0.156. The minimum Gasteiger partial charge on any atom is -0.459 e. The summed E-state index contributed by atoms with van der Waals surface area (Å²) in [7, 11) is 0. The van der Waals surface area contributed by atoms with Crippen molar-refractivity contribution in [2.75, 3.05) is 13.1 Å². The first-order chi connectivity index (χ1) is 16.2. The molecule has 0 radical (unpaired) electrons. The molecule has 2 aromatic carbocycles. The molecule has 1 fully saturated rings. The Morgan fingerprint density at radius 2 is 1.82 bits per heavy atom. The molecule has 0 spiro atoms. The molecule has 1 amide bonds. The number of rotatable bonds is 6. The van der Waals surface area contributed by atoms with E-state index in [4.69, 9.17) is 9.47 Å². The molecule has 172 valence electrons. The van der Waals surface area contributed by atoms with E-state index in [0.29, 0.717) is 18.8 Å². The van der Waals surface area contributed by atoms with E-state index in [2.05, 4.69) is 29.6 Å². The van der Waals surface area contributed by atoms with E-state index < -0.39 is 6.29 Å². The summed E-state index contributed by atoms with van der Waals surface area (Å²) in [6.07, 6.45) is 5.42. The number of hydrogen-bond acceptors (Lipinski definition) is 5. The van der Waals surface area contributed by atoms with Gasteiger partial charge in [0.2, 0.25) is 6.29 Å². The molecule has 2 atom stereocenters. The van der Waals surface area contributed by atoms with Crippen LogP contribution in [-0.4, -0.2) is 35.3 Å². The molecule has 0 bridgehead atoms. The minimum atomic E-state index is -0.500. The van der Waals surface area contributed by atoms with Crippen LogP contribution in [0.4, 0.5) is 0 Å². The molecule has 3 heterocycles. The normalized spacial score (nSPS) is 21.0. The number of allylic oxidation sites excluding steroid dienone is 1. The number of benzene rings is 2. The second-order valence-corrected chi connectivity index (χ2v) is 9.66. The van der Waals surface area contributed by atoms with E-state index in [0.717, 1.165) is 37.1 Å². The number of aliphatic hydroxyl groups is 1. The average Bonchev–Trinajstić information content (AvgIpc) is 3.32. The van der Waals surface area contributed by atoms with Crippen molar-refractivity contribution in [2.45, 2.75) is 51.1 Å². The number of ether oxygens (including phenoxy) is 2. The van der Waals surface area contributed by atoms with Gasteiger partial charge in [-0.15, -0.1) is 11.3 Å². The number of thiophene rings is 1. The molecule has 1 saturated heterocycles. The molecule has 3 aromatic rings. The summed E-state index contributed by atoms with van der Waals surface area (Å²) in [6.45, 7) is 1.98. The minimum absolute atomic E-state index is 0.0237. The lowest BCUT2D eigenvalue weighted by Gasteiger charge is -2.33. The van der Waals surface area contributed by atoms with Crippen LogP contribution in [0.25, 0.3) is 10.1 Å². The van der Waals surface area contributed by atoms with Gasteiger partial charge in [-0.05, 0) is 58.9 Å². The highest BCUT2D eigenvalue weighted by Crippen LogP contribution is 2.38. The number of nitrogens with zero attached hydrogens (tertiary/aromatic N) is 1. The van der Waals surface area contributed by atoms with Gasteiger partial charge in [0, 0.05) is 30.1 Å². The van der Waals surface area contributed by atoms with Crippen molar-refractivity contribution < 1.29 is 19.4 Å². The molecule has 0 aliphatic carbocycles. The fraction of sp³-hybridized carbons (Fsp3) is 0.370. The smallest absolute Gasteiger partial charge is 0.288 e. The standard InChI is InChI=1S/C27H29NO4S/c29-16-19-8-10-20(11-9-19)17-31-26-15-21(23-18-33-25-7-3-2-6-22(23)25)14-24(32-26)27(30)28-12-4-1-5-13-28/h2-3,6-11,14,18,21,26,29H,1,4-5,12-13,15-17H2/t21-,26+/m1/s1. The van der Waals surface area contributed by atoms with Crippen LogP contribution >= 0.6 is 11.3 Å². The quantitative estimate of drug-likeness (QED) is 0.536. The molecule has 33 heavy (non-hydrogen) atoms. The number of aliphatic hydroxyl groups excluding tert-OH is 1. The van der Waals surface area contributed by atoms with Crippen LogP contribution in [0.1, 0.15) is 48.3 Å². The molecular formula is C27H29NO4S. The molecule has 0 saturated carbocycles. The van der Waals surface area contributed by atoms with E-state index in [1.165, 1.54) is 22.1 Å². The zero-order valence-electron chi connectivity index (χ0n) is 18.6. The maximum Gasteiger partial charge on any atom is 0.288 e. The maximum absolute atomic E-state index is 13.3. The molecule has 1 aromatic heterocycles. The Morgan fingerprint density at radius 1 is 1.06 bits per heavy atom. The highest BCUT2D eigenvalue weighted by atomic mass is 32.1. The topological polar surface area (TPSA) is 59.0 Å². The lowest BCUT2D eigenvalue weighted by atomic mass is 9.92. The third-order valence-corrected chi connectivity index (χ3v) is 7.44. The Kier molecular flexibility index (Phi) is 6.76. The third-order valence-electron chi connectivity index (χ3n) is 6.46. The summed E-state index contributed by atoms with van der Waals surface area (Å²) >= 11 is 1.73. The molecule has 1 N–H and O–H groups in total. The van der Waals surface area contributed by atoms with Gasteiger partial charge in [0.25, 0.3) is 5.91 Å². The van der Waals surface area contributed by atoms with E-state index in [9.17, 15) is 9.90 Å². The SMILES string of the molecule is O=C(C1=C[C@@H](c2csc3ccccc23)C[C@@H](OCc2ccc(CO)cc2)O1)N1CCCCC1. The average molecular weight is 464 g/mol. The van der Waals surface area contributed by atoms with Crippen LogP contribution in [0.15, 0.2) is 65.7 Å². The zero-order chi connectivity index (χ0) is 22.6. The Balaban J connectivity index is 1.38. The molecule has 5 rings (SSSR count). The van der Waals surface area contributed by atoms with Crippen LogP contribution < -0.4 is 0 Å². The maximum atomic E-state index is 13.3. The van der Waals surface area contributed by atoms with Crippen LogP contribution in [0.5, 0.6) is 0 Å². The summed E-state index contributed by atoms with van der Waals surface area (Å²) in [4.78, 5) is 15.2. The molecule has 6 heteroatoms. The van der Waals surface area contributed by atoms with Gasteiger partial charge in [0.1, 0.15) is 0 Å². The number of carbonyl (C=O) groups is 1. The largest absolute Gasteiger partial charge is 0.459 e. The third kappa shape index (κ3) is 4.98. The first-order valence-electron chi connectivity index (χ1n) is 11.7. The summed E-state index contributed by atoms with van der Waals surface area (Å²) in [5, 5.41) is 12.7. The Labute approximate surface area is 198 Å². The fourth-order valence-electron chi connectivity index (χ4n) is 4.60. The van der Waals surface area contributed by atoms with Gasteiger partial charge in [-0.1, -0.05) is 42.5 Å². The Hall–Kier alpha value is -2.67. The summed E-state index contributed by atoms with van der Waals surface area (Å²) in [5.41, 5.74) is 3.10. The van der Waals surface area contributed by atoms with Crippen LogP contribution in [0.3, 0.4) is 0 Å². The number of hydrogen-bond donors (Lipinski definition) is 1. The van der Waals surface area contributed by atoms with E-state index in [1.807, 2.05) is 35.2 Å². The summed E-state index contributed by atoms with van der Waals surface area (Å²) < 4.78 is 13.5. The van der Waals surface area contributed by atoms with Gasteiger partial charge >= 0.3 is 0 Å². The predicted molar refractivity (Wildman–Crippen MR) is 130 cm³/mol. The number of fused-ring (bicyclic) bond motifs is 1. The van der Waals surface area contributed by atoms with Gasteiger partial charge in [0.15, 0.2) is 5.76 Å². The van der Waals surface area contributed by atoms with Crippen molar-refractivity contribution in [1.29, 1.82) is 0 Å². The first-order valence-corrected chi connectivity index (χ1v) is 12.5. The second-order valence-electron chi connectivity index (χ2n) is 8.75. The second kappa shape index (κ2) is 10.1. The molecule has 0 unspecified atom stereocenters.